The van der Waals surface area contributed by atoms with E-state index in [1.54, 1.807) is 4.90 Å². The van der Waals surface area contributed by atoms with Gasteiger partial charge in [-0.15, -0.1) is 0 Å². The zero-order valence-corrected chi connectivity index (χ0v) is 7.63. The highest BCUT2D eigenvalue weighted by Crippen LogP contribution is 2.27. The van der Waals surface area contributed by atoms with E-state index in [-0.39, 0.29) is 28.8 Å². The van der Waals surface area contributed by atoms with E-state index in [4.69, 9.17) is 18.0 Å². The second-order valence-corrected chi connectivity index (χ2v) is 3.73. The van der Waals surface area contributed by atoms with Crippen LogP contribution in [0.1, 0.15) is 0 Å². The summed E-state index contributed by atoms with van der Waals surface area (Å²) in [6.45, 7) is 0.940. The number of thiocarbonyl (C=S) groups is 1. The van der Waals surface area contributed by atoms with Gasteiger partial charge in [-0.05, 0) is 12.2 Å². The molecule has 0 saturated carbocycles. The molecule has 2 unspecified atom stereocenters. The van der Waals surface area contributed by atoms with Gasteiger partial charge in [-0.25, -0.2) is 0 Å². The number of fused-ring (bicyclic) bond motifs is 1. The zero-order valence-electron chi connectivity index (χ0n) is 6.82. The molecule has 0 aromatic carbocycles. The third kappa shape index (κ3) is 1.17. The summed E-state index contributed by atoms with van der Waals surface area (Å²) in [7, 11) is 0. The van der Waals surface area contributed by atoms with Crippen LogP contribution in [0, 0.1) is 11.8 Å². The second kappa shape index (κ2) is 2.66. The maximum Gasteiger partial charge on any atom is 0.232 e. The number of carbonyl (C=O) groups is 2. The van der Waals surface area contributed by atoms with E-state index in [0.717, 1.165) is 0 Å². The highest BCUT2D eigenvalue weighted by Gasteiger charge is 2.47. The Kier molecular flexibility index (Phi) is 1.73. The lowest BCUT2D eigenvalue weighted by molar-refractivity contribution is -0.126. The molecule has 2 atom stereocenters. The molecule has 0 aromatic rings. The summed E-state index contributed by atoms with van der Waals surface area (Å²) in [5.41, 5.74) is 5.41. The Morgan fingerprint density at radius 1 is 1.38 bits per heavy atom. The van der Waals surface area contributed by atoms with Crippen molar-refractivity contribution < 1.29 is 9.59 Å². The fourth-order valence-corrected chi connectivity index (χ4v) is 1.97. The molecule has 5 nitrogen and oxygen atoms in total. The van der Waals surface area contributed by atoms with Gasteiger partial charge in [0.05, 0.1) is 11.8 Å². The molecule has 2 fully saturated rings. The quantitative estimate of drug-likeness (QED) is 0.364. The third-order valence-corrected chi connectivity index (χ3v) is 2.81. The Morgan fingerprint density at radius 2 is 1.85 bits per heavy atom. The van der Waals surface area contributed by atoms with Crippen LogP contribution >= 0.6 is 12.2 Å². The normalized spacial score (nSPS) is 31.8. The summed E-state index contributed by atoms with van der Waals surface area (Å²) in [6.07, 6.45) is 0. The molecule has 6 heteroatoms. The summed E-state index contributed by atoms with van der Waals surface area (Å²) < 4.78 is 0. The van der Waals surface area contributed by atoms with Gasteiger partial charge in [0.2, 0.25) is 11.8 Å². The maximum absolute atomic E-state index is 11.2. The van der Waals surface area contributed by atoms with E-state index in [2.05, 4.69) is 5.32 Å². The first-order chi connectivity index (χ1) is 6.09. The van der Waals surface area contributed by atoms with Crippen molar-refractivity contribution in [1.82, 2.24) is 10.2 Å². The van der Waals surface area contributed by atoms with Crippen molar-refractivity contribution >= 4 is 29.1 Å². The molecule has 2 heterocycles. The molecule has 0 radical (unpaired) electrons. The van der Waals surface area contributed by atoms with Gasteiger partial charge in [0.1, 0.15) is 0 Å². The van der Waals surface area contributed by atoms with E-state index in [9.17, 15) is 9.59 Å². The Bertz CT molecular complexity index is 282. The standard InChI is InChI=1S/C7H9N3O2S/c8-7(13)10-1-3-4(2-10)6(12)9-5(3)11/h3-4H,1-2H2,(H2,8,13)(H,9,11,12). The van der Waals surface area contributed by atoms with Gasteiger partial charge in [-0.2, -0.15) is 0 Å². The summed E-state index contributed by atoms with van der Waals surface area (Å²) in [5.74, 6) is -0.912. The topological polar surface area (TPSA) is 75.4 Å². The monoisotopic (exact) mass is 199 g/mol. The average molecular weight is 199 g/mol. The molecular formula is C7H9N3O2S. The van der Waals surface area contributed by atoms with E-state index >= 15 is 0 Å². The summed E-state index contributed by atoms with van der Waals surface area (Å²) >= 11 is 4.77. The lowest BCUT2D eigenvalue weighted by Gasteiger charge is -2.15. The van der Waals surface area contributed by atoms with E-state index < -0.39 is 0 Å². The molecule has 2 rings (SSSR count). The van der Waals surface area contributed by atoms with Gasteiger partial charge in [0.25, 0.3) is 0 Å². The summed E-state index contributed by atoms with van der Waals surface area (Å²) in [4.78, 5) is 24.1. The Labute approximate surface area is 80.2 Å². The fourth-order valence-electron chi connectivity index (χ4n) is 1.82. The second-order valence-electron chi connectivity index (χ2n) is 3.31. The molecule has 2 aliphatic heterocycles. The summed E-state index contributed by atoms with van der Waals surface area (Å²) in [5, 5.41) is 2.55. The van der Waals surface area contributed by atoms with Gasteiger partial charge in [0.15, 0.2) is 5.11 Å². The number of carbonyl (C=O) groups excluding carboxylic acids is 2. The van der Waals surface area contributed by atoms with E-state index in [1.165, 1.54) is 0 Å². The number of imide groups is 1. The van der Waals surface area contributed by atoms with Crippen LogP contribution in [0.15, 0.2) is 0 Å². The lowest BCUT2D eigenvalue weighted by atomic mass is 10.00. The smallest absolute Gasteiger partial charge is 0.232 e. The molecule has 2 saturated heterocycles. The first-order valence-corrected chi connectivity index (χ1v) is 4.39. The van der Waals surface area contributed by atoms with Crippen LogP contribution < -0.4 is 11.1 Å². The van der Waals surface area contributed by atoms with Crippen LogP contribution in [-0.2, 0) is 9.59 Å². The van der Waals surface area contributed by atoms with E-state index in [0.29, 0.717) is 13.1 Å². The Morgan fingerprint density at radius 3 is 2.23 bits per heavy atom. The van der Waals surface area contributed by atoms with Crippen molar-refractivity contribution in [2.24, 2.45) is 17.6 Å². The predicted octanol–water partition coefficient (Wildman–Crippen LogP) is -1.57. The van der Waals surface area contributed by atoms with Crippen molar-refractivity contribution in [3.8, 4) is 0 Å². The first kappa shape index (κ1) is 8.43. The van der Waals surface area contributed by atoms with Gasteiger partial charge < -0.3 is 10.6 Å². The molecule has 2 amide bonds. The van der Waals surface area contributed by atoms with Crippen LogP contribution in [0.3, 0.4) is 0 Å². The van der Waals surface area contributed by atoms with Gasteiger partial charge >= 0.3 is 0 Å². The maximum atomic E-state index is 11.2. The molecule has 2 aliphatic rings. The fraction of sp³-hybridized carbons (Fsp3) is 0.571. The van der Waals surface area contributed by atoms with Gasteiger partial charge in [0, 0.05) is 13.1 Å². The van der Waals surface area contributed by atoms with Crippen LogP contribution in [-0.4, -0.2) is 34.9 Å². The highest BCUT2D eigenvalue weighted by molar-refractivity contribution is 7.80. The zero-order chi connectivity index (χ0) is 9.59. The number of hydrogen-bond donors (Lipinski definition) is 2. The number of nitrogens with two attached hydrogens (primary N) is 1. The predicted molar refractivity (Wildman–Crippen MR) is 48.5 cm³/mol. The average Bonchev–Trinajstić information content (AvgIpc) is 2.55. The van der Waals surface area contributed by atoms with Crippen molar-refractivity contribution in [2.45, 2.75) is 0 Å². The Balaban J connectivity index is 2.17. The van der Waals surface area contributed by atoms with Crippen molar-refractivity contribution in [3.63, 3.8) is 0 Å². The molecule has 70 valence electrons. The number of likely N-dealkylation sites (tertiary alicyclic amines) is 1. The van der Waals surface area contributed by atoms with Gasteiger partial charge in [-0.1, -0.05) is 0 Å². The van der Waals surface area contributed by atoms with Crippen molar-refractivity contribution in [2.75, 3.05) is 13.1 Å². The minimum absolute atomic E-state index is 0.200. The minimum atomic E-state index is -0.256. The van der Waals surface area contributed by atoms with Crippen LogP contribution in [0.25, 0.3) is 0 Å². The van der Waals surface area contributed by atoms with Crippen molar-refractivity contribution in [1.29, 1.82) is 0 Å². The van der Waals surface area contributed by atoms with Gasteiger partial charge in [-0.3, -0.25) is 14.9 Å². The van der Waals surface area contributed by atoms with Crippen LogP contribution in [0.2, 0.25) is 0 Å². The number of rotatable bonds is 0. The SMILES string of the molecule is NC(=S)N1CC2C(=O)NC(=O)C2C1. The number of nitrogens with one attached hydrogen (secondary N) is 1. The van der Waals surface area contributed by atoms with Crippen molar-refractivity contribution in [3.05, 3.63) is 0 Å². The first-order valence-electron chi connectivity index (χ1n) is 3.98. The Hall–Kier alpha value is -1.17. The molecule has 3 N–H and O–H groups in total. The lowest BCUT2D eigenvalue weighted by Crippen LogP contribution is -2.37. The van der Waals surface area contributed by atoms with Crippen LogP contribution in [0.5, 0.6) is 0 Å². The molecule has 0 aliphatic carbocycles. The largest absolute Gasteiger partial charge is 0.376 e. The minimum Gasteiger partial charge on any atom is -0.376 e. The summed E-state index contributed by atoms with van der Waals surface area (Å²) in [6, 6.07) is 0. The van der Waals surface area contributed by atoms with E-state index in [1.807, 2.05) is 0 Å². The number of nitrogens with zero attached hydrogens (tertiary/aromatic N) is 1. The molecule has 0 spiro atoms. The molecule has 0 aromatic heterocycles. The number of hydrogen-bond acceptors (Lipinski definition) is 3. The number of amides is 2. The third-order valence-electron chi connectivity index (χ3n) is 2.55. The van der Waals surface area contributed by atoms with Crippen LogP contribution in [0.4, 0.5) is 0 Å². The molecular weight excluding hydrogens is 190 g/mol. The molecule has 0 bridgehead atoms. The molecule has 13 heavy (non-hydrogen) atoms. The highest BCUT2D eigenvalue weighted by atomic mass is 32.1.